The van der Waals surface area contributed by atoms with Crippen molar-refractivity contribution in [1.29, 1.82) is 0 Å². The molecule has 1 fully saturated rings. The third-order valence-corrected chi connectivity index (χ3v) is 6.50. The second-order valence-corrected chi connectivity index (χ2v) is 9.55. The van der Waals surface area contributed by atoms with Crippen LogP contribution < -0.4 is 5.32 Å². The Kier molecular flexibility index (Phi) is 5.02. The maximum Gasteiger partial charge on any atom is 0.251 e. The molecule has 0 unspecified atom stereocenters. The van der Waals surface area contributed by atoms with Gasteiger partial charge in [0.2, 0.25) is 0 Å². The van der Waals surface area contributed by atoms with E-state index >= 15 is 0 Å². The number of rotatable bonds is 5. The third-order valence-electron chi connectivity index (χ3n) is 4.88. The quantitative estimate of drug-likeness (QED) is 0.799. The van der Waals surface area contributed by atoms with Crippen molar-refractivity contribution >= 4 is 31.7 Å². The summed E-state index contributed by atoms with van der Waals surface area (Å²) in [6.07, 6.45) is 4.42. The van der Waals surface area contributed by atoms with E-state index in [1.807, 2.05) is 12.1 Å². The Morgan fingerprint density at radius 3 is 2.36 bits per heavy atom. The summed E-state index contributed by atoms with van der Waals surface area (Å²) in [6, 6.07) is 14.3. The molecular formula is C19H20BrNO3S. The van der Waals surface area contributed by atoms with E-state index in [-0.39, 0.29) is 16.2 Å². The summed E-state index contributed by atoms with van der Waals surface area (Å²) >= 11 is 3.51. The molecule has 1 amide bonds. The second kappa shape index (κ2) is 6.92. The average Bonchev–Trinajstić information content (AvgIpc) is 2.53. The number of carbonyl (C=O) groups is 1. The summed E-state index contributed by atoms with van der Waals surface area (Å²) in [7, 11) is -3.25. The number of hydrogen-bond donors (Lipinski definition) is 1. The Labute approximate surface area is 156 Å². The molecular weight excluding hydrogens is 402 g/mol. The molecule has 1 saturated carbocycles. The highest BCUT2D eigenvalue weighted by Gasteiger charge is 2.38. The van der Waals surface area contributed by atoms with Crippen LogP contribution in [0.3, 0.4) is 0 Å². The highest BCUT2D eigenvalue weighted by Crippen LogP contribution is 2.43. The zero-order valence-electron chi connectivity index (χ0n) is 14.0. The van der Waals surface area contributed by atoms with Crippen LogP contribution in [0, 0.1) is 0 Å². The molecule has 25 heavy (non-hydrogen) atoms. The molecule has 6 heteroatoms. The molecule has 0 bridgehead atoms. The molecule has 0 aliphatic heterocycles. The zero-order chi connectivity index (χ0) is 18.1. The lowest BCUT2D eigenvalue weighted by Gasteiger charge is -2.42. The maximum absolute atomic E-state index is 12.4. The van der Waals surface area contributed by atoms with E-state index in [1.54, 1.807) is 12.1 Å². The largest absolute Gasteiger partial charge is 0.351 e. The number of amides is 1. The Morgan fingerprint density at radius 2 is 1.84 bits per heavy atom. The average molecular weight is 422 g/mol. The first-order chi connectivity index (χ1) is 11.8. The first-order valence-corrected chi connectivity index (χ1v) is 10.8. The number of hydrogen-bond acceptors (Lipinski definition) is 3. The lowest BCUT2D eigenvalue weighted by Crippen LogP contribution is -2.45. The molecule has 0 spiro atoms. The van der Waals surface area contributed by atoms with Gasteiger partial charge in [0.25, 0.3) is 5.91 Å². The summed E-state index contributed by atoms with van der Waals surface area (Å²) in [6.45, 7) is 0.579. The molecule has 1 aliphatic rings. The molecule has 132 valence electrons. The molecule has 1 N–H and O–H groups in total. The van der Waals surface area contributed by atoms with Gasteiger partial charge in [-0.3, -0.25) is 4.79 Å². The minimum absolute atomic E-state index is 0.00780. The van der Waals surface area contributed by atoms with Crippen molar-refractivity contribution in [2.45, 2.75) is 29.6 Å². The first kappa shape index (κ1) is 18.1. The predicted octanol–water partition coefficient (Wildman–Crippen LogP) is 3.70. The smallest absolute Gasteiger partial charge is 0.251 e. The monoisotopic (exact) mass is 421 g/mol. The van der Waals surface area contributed by atoms with E-state index in [4.69, 9.17) is 0 Å². The Morgan fingerprint density at radius 1 is 1.16 bits per heavy atom. The molecule has 0 saturated heterocycles. The minimum atomic E-state index is -3.25. The molecule has 0 heterocycles. The molecule has 3 rings (SSSR count). The van der Waals surface area contributed by atoms with Gasteiger partial charge in [-0.1, -0.05) is 34.5 Å². The van der Waals surface area contributed by atoms with Crippen LogP contribution in [0.2, 0.25) is 0 Å². The number of sulfone groups is 1. The number of carbonyl (C=O) groups excluding carboxylic acids is 1. The summed E-state index contributed by atoms with van der Waals surface area (Å²) in [5, 5.41) is 3.01. The molecule has 0 atom stereocenters. The first-order valence-electron chi connectivity index (χ1n) is 8.15. The summed E-state index contributed by atoms with van der Waals surface area (Å²) in [5.74, 6) is -0.179. The van der Waals surface area contributed by atoms with Gasteiger partial charge in [-0.05, 0) is 54.8 Å². The third kappa shape index (κ3) is 3.96. The topological polar surface area (TPSA) is 63.2 Å². The maximum atomic E-state index is 12.4. The predicted molar refractivity (Wildman–Crippen MR) is 102 cm³/mol. The van der Waals surface area contributed by atoms with Crippen LogP contribution in [0.5, 0.6) is 0 Å². The van der Waals surface area contributed by atoms with Gasteiger partial charge in [0.1, 0.15) is 0 Å². The fourth-order valence-electron chi connectivity index (χ4n) is 3.19. The van der Waals surface area contributed by atoms with Crippen LogP contribution in [-0.2, 0) is 15.3 Å². The van der Waals surface area contributed by atoms with Crippen molar-refractivity contribution in [2.24, 2.45) is 0 Å². The van der Waals surface area contributed by atoms with Crippen molar-refractivity contribution in [1.82, 2.24) is 5.32 Å². The van der Waals surface area contributed by atoms with Gasteiger partial charge in [-0.2, -0.15) is 0 Å². The Hall–Kier alpha value is -1.66. The minimum Gasteiger partial charge on any atom is -0.351 e. The van der Waals surface area contributed by atoms with Crippen molar-refractivity contribution < 1.29 is 13.2 Å². The number of nitrogens with one attached hydrogen (secondary N) is 1. The van der Waals surface area contributed by atoms with Gasteiger partial charge in [0.05, 0.1) is 4.90 Å². The van der Waals surface area contributed by atoms with Crippen LogP contribution in [0.15, 0.2) is 57.9 Å². The van der Waals surface area contributed by atoms with Gasteiger partial charge in [-0.15, -0.1) is 0 Å². The van der Waals surface area contributed by atoms with Crippen molar-refractivity contribution in [2.75, 3.05) is 12.8 Å². The Bertz CT molecular complexity index is 887. The van der Waals surface area contributed by atoms with Gasteiger partial charge >= 0.3 is 0 Å². The lowest BCUT2D eigenvalue weighted by molar-refractivity contribution is 0.0927. The van der Waals surface area contributed by atoms with E-state index in [9.17, 15) is 13.2 Å². The fraction of sp³-hybridized carbons (Fsp3) is 0.316. The molecule has 2 aromatic carbocycles. The number of benzene rings is 2. The molecule has 0 aromatic heterocycles. The van der Waals surface area contributed by atoms with Crippen LogP contribution in [0.4, 0.5) is 0 Å². The normalized spacial score (nSPS) is 16.1. The lowest BCUT2D eigenvalue weighted by atomic mass is 9.64. The number of halogens is 1. The van der Waals surface area contributed by atoms with E-state index < -0.39 is 9.84 Å². The molecule has 1 aliphatic carbocycles. The Balaban J connectivity index is 1.71. The van der Waals surface area contributed by atoms with E-state index in [0.717, 1.165) is 30.0 Å². The summed E-state index contributed by atoms with van der Waals surface area (Å²) < 4.78 is 24.0. The highest BCUT2D eigenvalue weighted by atomic mass is 79.9. The van der Waals surface area contributed by atoms with E-state index in [1.165, 1.54) is 17.7 Å². The fourth-order valence-corrected chi connectivity index (χ4v) is 4.22. The van der Waals surface area contributed by atoms with Gasteiger partial charge in [0.15, 0.2) is 9.84 Å². The summed E-state index contributed by atoms with van der Waals surface area (Å²) in [4.78, 5) is 12.6. The SMILES string of the molecule is CS(=O)(=O)c1ccc(C(=O)NCC2(c3cccc(Br)c3)CCC2)cc1. The van der Waals surface area contributed by atoms with Crippen molar-refractivity contribution in [3.8, 4) is 0 Å². The molecule has 0 radical (unpaired) electrons. The van der Waals surface area contributed by atoms with E-state index in [0.29, 0.717) is 12.1 Å². The second-order valence-electron chi connectivity index (χ2n) is 6.62. The van der Waals surface area contributed by atoms with Crippen LogP contribution in [0.25, 0.3) is 0 Å². The van der Waals surface area contributed by atoms with Crippen LogP contribution in [0.1, 0.15) is 35.2 Å². The highest BCUT2D eigenvalue weighted by molar-refractivity contribution is 9.10. The zero-order valence-corrected chi connectivity index (χ0v) is 16.4. The van der Waals surface area contributed by atoms with Crippen LogP contribution in [-0.4, -0.2) is 27.1 Å². The van der Waals surface area contributed by atoms with Crippen molar-refractivity contribution in [3.63, 3.8) is 0 Å². The standard InChI is InChI=1S/C19H20BrNO3S/c1-25(23,24)17-8-6-14(7-9-17)18(22)21-13-19(10-3-11-19)15-4-2-5-16(20)12-15/h2,4-9,12H,3,10-11,13H2,1H3,(H,21,22). The van der Waals surface area contributed by atoms with Gasteiger partial charge < -0.3 is 5.32 Å². The van der Waals surface area contributed by atoms with Gasteiger partial charge in [-0.25, -0.2) is 8.42 Å². The van der Waals surface area contributed by atoms with Crippen LogP contribution >= 0.6 is 15.9 Å². The van der Waals surface area contributed by atoms with E-state index in [2.05, 4.69) is 33.4 Å². The van der Waals surface area contributed by atoms with Gasteiger partial charge in [0, 0.05) is 28.3 Å². The molecule has 4 nitrogen and oxygen atoms in total. The van der Waals surface area contributed by atoms with Crippen molar-refractivity contribution in [3.05, 3.63) is 64.1 Å². The summed E-state index contributed by atoms with van der Waals surface area (Å²) in [5.41, 5.74) is 1.70. The molecule has 2 aromatic rings.